The zero-order chi connectivity index (χ0) is 15.7. The van der Waals surface area contributed by atoms with Crippen molar-refractivity contribution in [2.45, 2.75) is 44.7 Å². The van der Waals surface area contributed by atoms with Gasteiger partial charge in [0, 0.05) is 13.1 Å². The van der Waals surface area contributed by atoms with E-state index in [1.165, 1.54) is 29.4 Å². The molecule has 0 aromatic carbocycles. The number of carbonyl (C=O) groups is 1. The van der Waals surface area contributed by atoms with Crippen molar-refractivity contribution in [3.8, 4) is 0 Å². The lowest BCUT2D eigenvalue weighted by Crippen LogP contribution is -2.43. The van der Waals surface area contributed by atoms with Gasteiger partial charge in [0.15, 0.2) is 0 Å². The Kier molecular flexibility index (Phi) is 4.15. The predicted molar refractivity (Wildman–Crippen MR) is 86.3 cm³/mol. The molecule has 0 aliphatic heterocycles. The normalized spacial score (nSPS) is 16.0. The minimum Gasteiger partial charge on any atom is -0.352 e. The largest absolute Gasteiger partial charge is 0.352 e. The highest BCUT2D eigenvalue weighted by molar-refractivity contribution is 7.17. The van der Waals surface area contributed by atoms with Gasteiger partial charge in [-0.25, -0.2) is 4.79 Å². The van der Waals surface area contributed by atoms with Crippen LogP contribution in [0.5, 0.6) is 0 Å². The van der Waals surface area contributed by atoms with E-state index >= 15 is 0 Å². The summed E-state index contributed by atoms with van der Waals surface area (Å²) in [4.78, 5) is 36.5. The van der Waals surface area contributed by atoms with Crippen LogP contribution in [-0.2, 0) is 18.4 Å². The van der Waals surface area contributed by atoms with Gasteiger partial charge in [-0.3, -0.25) is 18.7 Å². The number of thiophene rings is 1. The Balaban J connectivity index is 1.87. The van der Waals surface area contributed by atoms with Crippen LogP contribution in [-0.4, -0.2) is 21.1 Å². The maximum Gasteiger partial charge on any atom is 0.331 e. The van der Waals surface area contributed by atoms with Crippen molar-refractivity contribution in [3.63, 3.8) is 0 Å². The smallest absolute Gasteiger partial charge is 0.331 e. The lowest BCUT2D eigenvalue weighted by molar-refractivity contribution is -0.122. The second-order valence-electron chi connectivity index (χ2n) is 5.77. The average Bonchev–Trinajstić information content (AvgIpc) is 3.00. The number of carbonyl (C=O) groups excluding carboxylic acids is 1. The number of rotatable bonds is 3. The molecular weight excluding hydrogens is 302 g/mol. The first-order chi connectivity index (χ1) is 10.6. The zero-order valence-electron chi connectivity index (χ0n) is 12.5. The summed E-state index contributed by atoms with van der Waals surface area (Å²) in [5.74, 6) is -0.167. The molecule has 118 valence electrons. The fraction of sp³-hybridized carbons (Fsp3) is 0.533. The van der Waals surface area contributed by atoms with E-state index in [4.69, 9.17) is 0 Å². The number of nitrogens with one attached hydrogen (secondary N) is 1. The van der Waals surface area contributed by atoms with Crippen LogP contribution in [0.4, 0.5) is 0 Å². The molecule has 22 heavy (non-hydrogen) atoms. The molecule has 0 spiro atoms. The zero-order valence-corrected chi connectivity index (χ0v) is 13.3. The maximum atomic E-state index is 12.3. The van der Waals surface area contributed by atoms with E-state index in [0.717, 1.165) is 30.3 Å². The molecule has 0 atom stereocenters. The lowest BCUT2D eigenvalue weighted by atomic mass is 9.95. The third-order valence-electron chi connectivity index (χ3n) is 4.22. The van der Waals surface area contributed by atoms with Crippen molar-refractivity contribution >= 4 is 27.5 Å². The summed E-state index contributed by atoms with van der Waals surface area (Å²) in [7, 11) is 1.44. The third-order valence-corrected chi connectivity index (χ3v) is 5.12. The Bertz CT molecular complexity index is 812. The SMILES string of the molecule is Cn1c(=O)c2sccc2n(CC(=O)NC2CCCCC2)c1=O. The van der Waals surface area contributed by atoms with Crippen LogP contribution in [0.15, 0.2) is 21.0 Å². The molecule has 2 aromatic rings. The summed E-state index contributed by atoms with van der Waals surface area (Å²) < 4.78 is 2.95. The number of fused-ring (bicyclic) bond motifs is 1. The van der Waals surface area contributed by atoms with Gasteiger partial charge in [0.2, 0.25) is 5.91 Å². The van der Waals surface area contributed by atoms with Crippen LogP contribution in [0.25, 0.3) is 10.2 Å². The molecule has 2 heterocycles. The van der Waals surface area contributed by atoms with Gasteiger partial charge < -0.3 is 5.32 Å². The van der Waals surface area contributed by atoms with Gasteiger partial charge in [0.05, 0.1) is 5.52 Å². The monoisotopic (exact) mass is 321 g/mol. The van der Waals surface area contributed by atoms with Crippen molar-refractivity contribution in [3.05, 3.63) is 32.3 Å². The van der Waals surface area contributed by atoms with Crippen LogP contribution in [0.2, 0.25) is 0 Å². The molecule has 1 amide bonds. The molecule has 0 radical (unpaired) electrons. The third kappa shape index (κ3) is 2.72. The van der Waals surface area contributed by atoms with Crippen molar-refractivity contribution in [1.29, 1.82) is 0 Å². The van der Waals surface area contributed by atoms with Gasteiger partial charge >= 0.3 is 5.69 Å². The van der Waals surface area contributed by atoms with Gasteiger partial charge in [0.25, 0.3) is 5.56 Å². The topological polar surface area (TPSA) is 73.1 Å². The van der Waals surface area contributed by atoms with Crippen molar-refractivity contribution in [1.82, 2.24) is 14.5 Å². The highest BCUT2D eigenvalue weighted by Crippen LogP contribution is 2.18. The summed E-state index contributed by atoms with van der Waals surface area (Å²) >= 11 is 1.29. The first kappa shape index (κ1) is 15.0. The molecule has 1 N–H and O–H groups in total. The quantitative estimate of drug-likeness (QED) is 0.923. The molecule has 1 aliphatic carbocycles. The Morgan fingerprint density at radius 3 is 2.77 bits per heavy atom. The van der Waals surface area contributed by atoms with E-state index in [1.807, 2.05) is 0 Å². The summed E-state index contributed by atoms with van der Waals surface area (Å²) in [5.41, 5.74) is -0.217. The molecule has 3 rings (SSSR count). The summed E-state index contributed by atoms with van der Waals surface area (Å²) in [6.07, 6.45) is 5.50. The number of hydrogen-bond acceptors (Lipinski definition) is 4. The second-order valence-corrected chi connectivity index (χ2v) is 6.69. The Morgan fingerprint density at radius 2 is 2.05 bits per heavy atom. The van der Waals surface area contributed by atoms with E-state index in [2.05, 4.69) is 5.32 Å². The van der Waals surface area contributed by atoms with Crippen LogP contribution in [0.1, 0.15) is 32.1 Å². The van der Waals surface area contributed by atoms with E-state index in [9.17, 15) is 14.4 Å². The van der Waals surface area contributed by atoms with Crippen molar-refractivity contribution in [2.75, 3.05) is 0 Å². The number of amides is 1. The second kappa shape index (κ2) is 6.08. The van der Waals surface area contributed by atoms with E-state index < -0.39 is 5.69 Å². The first-order valence-electron chi connectivity index (χ1n) is 7.54. The van der Waals surface area contributed by atoms with Gasteiger partial charge in [-0.05, 0) is 24.3 Å². The highest BCUT2D eigenvalue weighted by atomic mass is 32.1. The van der Waals surface area contributed by atoms with Crippen LogP contribution in [0, 0.1) is 0 Å². The predicted octanol–water partition coefficient (Wildman–Crippen LogP) is 1.21. The minimum absolute atomic E-state index is 0.0450. The molecule has 0 unspecified atom stereocenters. The van der Waals surface area contributed by atoms with E-state index in [1.54, 1.807) is 11.4 Å². The molecule has 0 saturated heterocycles. The number of hydrogen-bond donors (Lipinski definition) is 1. The molecule has 2 aromatic heterocycles. The number of aromatic nitrogens is 2. The molecular formula is C15H19N3O3S. The molecule has 6 nitrogen and oxygen atoms in total. The summed E-state index contributed by atoms with van der Waals surface area (Å²) in [5, 5.41) is 4.77. The van der Waals surface area contributed by atoms with Gasteiger partial charge in [-0.2, -0.15) is 0 Å². The average molecular weight is 321 g/mol. The molecule has 1 fully saturated rings. The molecule has 0 bridgehead atoms. The lowest BCUT2D eigenvalue weighted by Gasteiger charge is -2.23. The standard InChI is InChI=1S/C15H19N3O3S/c1-17-14(20)13-11(7-8-22-13)18(15(17)21)9-12(19)16-10-5-3-2-4-6-10/h7-8,10H,2-6,9H2,1H3,(H,16,19). The number of nitrogens with zero attached hydrogens (tertiary/aromatic N) is 2. The van der Waals surface area contributed by atoms with Gasteiger partial charge in [-0.1, -0.05) is 19.3 Å². The fourth-order valence-electron chi connectivity index (χ4n) is 3.02. The van der Waals surface area contributed by atoms with Crippen LogP contribution < -0.4 is 16.6 Å². The highest BCUT2D eigenvalue weighted by Gasteiger charge is 2.18. The maximum absolute atomic E-state index is 12.3. The molecule has 1 saturated carbocycles. The molecule has 7 heteroatoms. The Labute approximate surface area is 131 Å². The van der Waals surface area contributed by atoms with Gasteiger partial charge in [-0.15, -0.1) is 11.3 Å². The Morgan fingerprint density at radius 1 is 1.32 bits per heavy atom. The first-order valence-corrected chi connectivity index (χ1v) is 8.42. The van der Waals surface area contributed by atoms with Crippen molar-refractivity contribution in [2.24, 2.45) is 7.05 Å². The summed E-state index contributed by atoms with van der Waals surface area (Å²) in [6, 6.07) is 1.93. The van der Waals surface area contributed by atoms with E-state index in [0.29, 0.717) is 10.2 Å². The summed E-state index contributed by atoms with van der Waals surface area (Å²) in [6.45, 7) is -0.0450. The van der Waals surface area contributed by atoms with Crippen LogP contribution >= 0.6 is 11.3 Å². The fourth-order valence-corrected chi connectivity index (χ4v) is 3.88. The van der Waals surface area contributed by atoms with Crippen LogP contribution in [0.3, 0.4) is 0 Å². The van der Waals surface area contributed by atoms with Crippen molar-refractivity contribution < 1.29 is 4.79 Å². The molecule has 1 aliphatic rings. The minimum atomic E-state index is -0.449. The van der Waals surface area contributed by atoms with Gasteiger partial charge in [0.1, 0.15) is 11.2 Å². The Hall–Kier alpha value is -1.89. The van der Waals surface area contributed by atoms with E-state index in [-0.39, 0.29) is 24.1 Å².